The minimum absolute atomic E-state index is 0.910. The van der Waals surface area contributed by atoms with Gasteiger partial charge in [-0.25, -0.2) is 0 Å². The molecule has 1 N–H and O–H groups in total. The zero-order valence-corrected chi connectivity index (χ0v) is 13.1. The number of fused-ring (bicyclic) bond motifs is 1. The Balaban J connectivity index is 1.36. The summed E-state index contributed by atoms with van der Waals surface area (Å²) in [5.41, 5.74) is 3.66. The second-order valence-electron chi connectivity index (χ2n) is 5.99. The summed E-state index contributed by atoms with van der Waals surface area (Å²) in [6.45, 7) is 5.31. The standard InChI is InChI=1S/C19H21N3O/c1-2-4-17(5-3-1)22-11-9-21(10-12-22)15-16-6-7-18-19(14-16)23-13-8-20-18/h1-8,13-14,20H,9-12,15H2. The molecule has 2 heterocycles. The van der Waals surface area contributed by atoms with Crippen LogP contribution < -0.4 is 15.0 Å². The average Bonchev–Trinajstić information content (AvgIpc) is 2.63. The van der Waals surface area contributed by atoms with Crippen LogP contribution in [-0.4, -0.2) is 31.1 Å². The van der Waals surface area contributed by atoms with E-state index in [-0.39, 0.29) is 0 Å². The molecule has 0 amide bonds. The average molecular weight is 307 g/mol. The third-order valence-corrected chi connectivity index (χ3v) is 4.45. The van der Waals surface area contributed by atoms with E-state index in [0.29, 0.717) is 0 Å². The SMILES string of the molecule is C1=COc2cc(CN3CCN(c4ccccc4)CC3)ccc2N1. The van der Waals surface area contributed by atoms with Gasteiger partial charge in [0, 0.05) is 44.6 Å². The van der Waals surface area contributed by atoms with Gasteiger partial charge in [0.15, 0.2) is 0 Å². The quantitative estimate of drug-likeness (QED) is 0.942. The Bertz CT molecular complexity index is 691. The molecule has 0 aromatic heterocycles. The number of anilines is 2. The van der Waals surface area contributed by atoms with Crippen LogP contribution in [0, 0.1) is 0 Å². The monoisotopic (exact) mass is 307 g/mol. The maximum Gasteiger partial charge on any atom is 0.150 e. The summed E-state index contributed by atoms with van der Waals surface area (Å²) in [4.78, 5) is 4.97. The molecule has 0 bridgehead atoms. The molecule has 0 spiro atoms. The smallest absolute Gasteiger partial charge is 0.150 e. The molecule has 118 valence electrons. The molecule has 4 heteroatoms. The van der Waals surface area contributed by atoms with Crippen LogP contribution in [0.4, 0.5) is 11.4 Å². The van der Waals surface area contributed by atoms with Gasteiger partial charge in [0.05, 0.1) is 5.69 Å². The summed E-state index contributed by atoms with van der Waals surface area (Å²) in [5.74, 6) is 0.910. The Morgan fingerprint density at radius 2 is 1.78 bits per heavy atom. The number of nitrogens with one attached hydrogen (secondary N) is 1. The largest absolute Gasteiger partial charge is 0.461 e. The summed E-state index contributed by atoms with van der Waals surface area (Å²) in [7, 11) is 0. The number of nitrogens with zero attached hydrogens (tertiary/aromatic N) is 2. The van der Waals surface area contributed by atoms with E-state index >= 15 is 0 Å². The Morgan fingerprint density at radius 1 is 0.957 bits per heavy atom. The van der Waals surface area contributed by atoms with Crippen molar-refractivity contribution in [2.75, 3.05) is 36.4 Å². The Hall–Kier alpha value is -2.46. The lowest BCUT2D eigenvalue weighted by molar-refractivity contribution is 0.249. The third kappa shape index (κ3) is 3.17. The first kappa shape index (κ1) is 14.2. The summed E-state index contributed by atoms with van der Waals surface area (Å²) < 4.78 is 5.56. The number of ether oxygens (including phenoxy) is 1. The van der Waals surface area contributed by atoms with Crippen molar-refractivity contribution in [1.82, 2.24) is 4.90 Å². The van der Waals surface area contributed by atoms with Crippen molar-refractivity contribution < 1.29 is 4.74 Å². The fourth-order valence-corrected chi connectivity index (χ4v) is 3.17. The lowest BCUT2D eigenvalue weighted by Gasteiger charge is -2.36. The van der Waals surface area contributed by atoms with E-state index in [1.165, 1.54) is 11.3 Å². The van der Waals surface area contributed by atoms with Crippen molar-refractivity contribution in [2.45, 2.75) is 6.54 Å². The first-order valence-electron chi connectivity index (χ1n) is 8.12. The van der Waals surface area contributed by atoms with Crippen molar-refractivity contribution in [2.24, 2.45) is 0 Å². The van der Waals surface area contributed by atoms with Crippen LogP contribution >= 0.6 is 0 Å². The zero-order chi connectivity index (χ0) is 15.5. The highest BCUT2D eigenvalue weighted by Crippen LogP contribution is 2.29. The molecule has 0 radical (unpaired) electrons. The Morgan fingerprint density at radius 3 is 2.61 bits per heavy atom. The molecule has 1 fully saturated rings. The van der Waals surface area contributed by atoms with Gasteiger partial charge < -0.3 is 15.0 Å². The summed E-state index contributed by atoms with van der Waals surface area (Å²) in [5, 5.41) is 3.19. The molecule has 1 saturated heterocycles. The molecule has 4 rings (SSSR count). The molecular formula is C19H21N3O. The number of para-hydroxylation sites is 1. The predicted octanol–water partition coefficient (Wildman–Crippen LogP) is 3.28. The lowest BCUT2D eigenvalue weighted by Crippen LogP contribution is -2.45. The highest BCUT2D eigenvalue weighted by Gasteiger charge is 2.17. The van der Waals surface area contributed by atoms with Crippen LogP contribution in [0.15, 0.2) is 61.0 Å². The molecular weight excluding hydrogens is 286 g/mol. The molecule has 0 saturated carbocycles. The van der Waals surface area contributed by atoms with E-state index < -0.39 is 0 Å². The van der Waals surface area contributed by atoms with Crippen LogP contribution in [0.2, 0.25) is 0 Å². The van der Waals surface area contributed by atoms with Crippen LogP contribution in [0.5, 0.6) is 5.75 Å². The number of rotatable bonds is 3. The van der Waals surface area contributed by atoms with Gasteiger partial charge in [0.25, 0.3) is 0 Å². The van der Waals surface area contributed by atoms with Gasteiger partial charge in [0.1, 0.15) is 12.0 Å². The van der Waals surface area contributed by atoms with Crippen molar-refractivity contribution in [3.05, 3.63) is 66.6 Å². The van der Waals surface area contributed by atoms with E-state index in [0.717, 1.165) is 44.2 Å². The highest BCUT2D eigenvalue weighted by molar-refractivity contribution is 5.60. The number of piperazine rings is 1. The van der Waals surface area contributed by atoms with Crippen LogP contribution in [0.25, 0.3) is 0 Å². The van der Waals surface area contributed by atoms with E-state index in [1.54, 1.807) is 6.26 Å². The molecule has 0 unspecified atom stereocenters. The Labute approximate surface area is 137 Å². The minimum Gasteiger partial charge on any atom is -0.461 e. The first-order valence-corrected chi connectivity index (χ1v) is 8.12. The summed E-state index contributed by atoms with van der Waals surface area (Å²) >= 11 is 0. The molecule has 2 aromatic carbocycles. The van der Waals surface area contributed by atoms with Crippen molar-refractivity contribution in [3.63, 3.8) is 0 Å². The minimum atomic E-state index is 0.910. The van der Waals surface area contributed by atoms with Gasteiger partial charge in [-0.05, 0) is 29.8 Å². The van der Waals surface area contributed by atoms with Gasteiger partial charge in [-0.3, -0.25) is 4.90 Å². The Kier molecular flexibility index (Phi) is 3.90. The first-order chi connectivity index (χ1) is 11.4. The van der Waals surface area contributed by atoms with E-state index in [1.807, 2.05) is 6.20 Å². The second-order valence-corrected chi connectivity index (χ2v) is 5.99. The molecule has 2 aliphatic rings. The molecule has 0 aliphatic carbocycles. The molecule has 23 heavy (non-hydrogen) atoms. The van der Waals surface area contributed by atoms with Gasteiger partial charge in [-0.1, -0.05) is 24.3 Å². The number of hydrogen-bond acceptors (Lipinski definition) is 4. The maximum atomic E-state index is 5.56. The van der Waals surface area contributed by atoms with E-state index in [9.17, 15) is 0 Å². The lowest BCUT2D eigenvalue weighted by atomic mass is 10.1. The van der Waals surface area contributed by atoms with Gasteiger partial charge >= 0.3 is 0 Å². The molecule has 4 nitrogen and oxygen atoms in total. The van der Waals surface area contributed by atoms with E-state index in [2.05, 4.69) is 63.6 Å². The number of benzene rings is 2. The van der Waals surface area contributed by atoms with Crippen molar-refractivity contribution in [1.29, 1.82) is 0 Å². The number of hydrogen-bond donors (Lipinski definition) is 1. The zero-order valence-electron chi connectivity index (χ0n) is 13.1. The van der Waals surface area contributed by atoms with Crippen LogP contribution in [-0.2, 0) is 6.54 Å². The van der Waals surface area contributed by atoms with Gasteiger partial charge in [-0.15, -0.1) is 0 Å². The van der Waals surface area contributed by atoms with Crippen molar-refractivity contribution in [3.8, 4) is 5.75 Å². The molecule has 0 atom stereocenters. The summed E-state index contributed by atoms with van der Waals surface area (Å²) in [6.07, 6.45) is 3.50. The fourth-order valence-electron chi connectivity index (χ4n) is 3.17. The van der Waals surface area contributed by atoms with Gasteiger partial charge in [0.2, 0.25) is 0 Å². The maximum absolute atomic E-state index is 5.56. The normalized spacial score (nSPS) is 17.3. The van der Waals surface area contributed by atoms with E-state index in [4.69, 9.17) is 4.74 Å². The molecule has 2 aromatic rings. The second kappa shape index (κ2) is 6.34. The predicted molar refractivity (Wildman–Crippen MR) is 93.8 cm³/mol. The topological polar surface area (TPSA) is 27.7 Å². The van der Waals surface area contributed by atoms with Crippen LogP contribution in [0.3, 0.4) is 0 Å². The summed E-state index contributed by atoms with van der Waals surface area (Å²) in [6, 6.07) is 17.1. The fraction of sp³-hybridized carbons (Fsp3) is 0.263. The van der Waals surface area contributed by atoms with Crippen molar-refractivity contribution >= 4 is 11.4 Å². The molecule has 2 aliphatic heterocycles. The van der Waals surface area contributed by atoms with Gasteiger partial charge in [-0.2, -0.15) is 0 Å². The van der Waals surface area contributed by atoms with Crippen LogP contribution in [0.1, 0.15) is 5.56 Å². The third-order valence-electron chi connectivity index (χ3n) is 4.45. The highest BCUT2D eigenvalue weighted by atomic mass is 16.5.